The van der Waals surface area contributed by atoms with Gasteiger partial charge in [-0.05, 0) is 30.3 Å². The Morgan fingerprint density at radius 1 is 1.40 bits per heavy atom. The van der Waals surface area contributed by atoms with Gasteiger partial charge in [0.25, 0.3) is 0 Å². The van der Waals surface area contributed by atoms with Crippen LogP contribution in [0.4, 0.5) is 5.69 Å². The number of carbonyl (C=O) groups excluding carboxylic acids is 1. The number of nitrogens with zero attached hydrogens (tertiary/aromatic N) is 1. The molecule has 4 nitrogen and oxygen atoms in total. The zero-order valence-corrected chi connectivity index (χ0v) is 8.52. The van der Waals surface area contributed by atoms with Gasteiger partial charge in [0, 0.05) is 5.02 Å². The molecule has 1 aromatic rings. The molecule has 0 fully saturated rings. The Morgan fingerprint density at radius 2 is 2.07 bits per heavy atom. The summed E-state index contributed by atoms with van der Waals surface area (Å²) in [5, 5.41) is 2.06. The lowest BCUT2D eigenvalue weighted by Crippen LogP contribution is -2.39. The molecule has 1 amide bonds. The minimum Gasteiger partial charge on any atom is -0.387 e. The first-order valence-corrected chi connectivity index (χ1v) is 4.74. The average Bonchev–Trinajstić information content (AvgIpc) is 2.67. The highest BCUT2D eigenvalue weighted by molar-refractivity contribution is 6.30. The van der Waals surface area contributed by atoms with E-state index in [1.54, 1.807) is 30.3 Å². The van der Waals surface area contributed by atoms with Crippen molar-refractivity contribution < 1.29 is 9.63 Å². The van der Waals surface area contributed by atoms with E-state index in [9.17, 15) is 4.79 Å². The first-order valence-electron chi connectivity index (χ1n) is 4.36. The van der Waals surface area contributed by atoms with Gasteiger partial charge in [-0.25, -0.2) is 0 Å². The molecule has 1 aliphatic heterocycles. The lowest BCUT2D eigenvalue weighted by Gasteiger charge is -2.21. The standard InChI is InChI=1S/C10H9ClN2O2/c11-7-1-3-8(4-2-7)13-9(10(12)14)5-6-15-13/h1-6,9H,(H2,12,14). The molecule has 1 aromatic carbocycles. The van der Waals surface area contributed by atoms with E-state index in [-0.39, 0.29) is 0 Å². The highest BCUT2D eigenvalue weighted by Gasteiger charge is 2.27. The number of benzene rings is 1. The molecule has 1 heterocycles. The number of primary amides is 1. The van der Waals surface area contributed by atoms with Gasteiger partial charge in [-0.15, -0.1) is 0 Å². The number of hydroxylamine groups is 1. The number of anilines is 1. The van der Waals surface area contributed by atoms with E-state index in [0.717, 1.165) is 5.69 Å². The van der Waals surface area contributed by atoms with Gasteiger partial charge >= 0.3 is 0 Å². The summed E-state index contributed by atoms with van der Waals surface area (Å²) in [6.45, 7) is 0. The van der Waals surface area contributed by atoms with Gasteiger partial charge in [-0.2, -0.15) is 5.06 Å². The zero-order chi connectivity index (χ0) is 10.8. The molecule has 0 saturated heterocycles. The predicted octanol–water partition coefficient (Wildman–Crippen LogP) is 1.46. The zero-order valence-electron chi connectivity index (χ0n) is 7.76. The third-order valence-electron chi connectivity index (χ3n) is 2.06. The highest BCUT2D eigenvalue weighted by atomic mass is 35.5. The summed E-state index contributed by atoms with van der Waals surface area (Å²) in [7, 11) is 0. The van der Waals surface area contributed by atoms with E-state index in [1.165, 1.54) is 11.3 Å². The lowest BCUT2D eigenvalue weighted by molar-refractivity contribution is -0.119. The molecule has 5 heteroatoms. The Bertz CT molecular complexity index is 402. The van der Waals surface area contributed by atoms with Gasteiger partial charge in [0.1, 0.15) is 6.26 Å². The van der Waals surface area contributed by atoms with Crippen LogP contribution in [-0.2, 0) is 9.63 Å². The minimum absolute atomic E-state index is 0.460. The number of hydrogen-bond acceptors (Lipinski definition) is 3. The van der Waals surface area contributed by atoms with Crippen molar-refractivity contribution >= 4 is 23.2 Å². The fourth-order valence-corrected chi connectivity index (χ4v) is 1.46. The van der Waals surface area contributed by atoms with Crippen molar-refractivity contribution in [2.75, 3.05) is 5.06 Å². The van der Waals surface area contributed by atoms with Crippen molar-refractivity contribution in [3.8, 4) is 0 Å². The topological polar surface area (TPSA) is 55.6 Å². The van der Waals surface area contributed by atoms with Crippen molar-refractivity contribution in [2.45, 2.75) is 6.04 Å². The molecule has 78 valence electrons. The second-order valence-corrected chi connectivity index (χ2v) is 3.52. The summed E-state index contributed by atoms with van der Waals surface area (Å²) < 4.78 is 0. The first kappa shape index (κ1) is 9.86. The van der Waals surface area contributed by atoms with Crippen LogP contribution in [0.15, 0.2) is 36.6 Å². The largest absolute Gasteiger partial charge is 0.387 e. The summed E-state index contributed by atoms with van der Waals surface area (Å²) in [5.74, 6) is -0.460. The van der Waals surface area contributed by atoms with Crippen molar-refractivity contribution in [3.05, 3.63) is 41.6 Å². The molecule has 0 radical (unpaired) electrons. The second kappa shape index (κ2) is 3.82. The van der Waals surface area contributed by atoms with E-state index in [2.05, 4.69) is 0 Å². The van der Waals surface area contributed by atoms with Crippen LogP contribution in [0.3, 0.4) is 0 Å². The van der Waals surface area contributed by atoms with Gasteiger partial charge in [-0.1, -0.05) is 11.6 Å². The van der Waals surface area contributed by atoms with E-state index in [1.807, 2.05) is 0 Å². The molecular weight excluding hydrogens is 216 g/mol. The molecule has 15 heavy (non-hydrogen) atoms. The van der Waals surface area contributed by atoms with E-state index >= 15 is 0 Å². The van der Waals surface area contributed by atoms with Gasteiger partial charge in [0.15, 0.2) is 6.04 Å². The lowest BCUT2D eigenvalue weighted by atomic mass is 10.2. The summed E-state index contributed by atoms with van der Waals surface area (Å²) >= 11 is 5.75. The smallest absolute Gasteiger partial charge is 0.247 e. The fraction of sp³-hybridized carbons (Fsp3) is 0.100. The molecule has 2 rings (SSSR count). The SMILES string of the molecule is NC(=O)C1C=CON1c1ccc(Cl)cc1. The van der Waals surface area contributed by atoms with Crippen LogP contribution in [-0.4, -0.2) is 11.9 Å². The third-order valence-corrected chi connectivity index (χ3v) is 2.31. The Kier molecular flexibility index (Phi) is 2.51. The average molecular weight is 225 g/mol. The van der Waals surface area contributed by atoms with Crippen molar-refractivity contribution in [3.63, 3.8) is 0 Å². The summed E-state index contributed by atoms with van der Waals surface area (Å²) in [6, 6.07) is 6.38. The molecular formula is C10H9ClN2O2. The fourth-order valence-electron chi connectivity index (χ4n) is 1.34. The van der Waals surface area contributed by atoms with Crippen molar-refractivity contribution in [1.29, 1.82) is 0 Å². The maximum atomic E-state index is 11.1. The van der Waals surface area contributed by atoms with Crippen LogP contribution in [0.1, 0.15) is 0 Å². The predicted molar refractivity (Wildman–Crippen MR) is 57.1 cm³/mol. The number of amides is 1. The van der Waals surface area contributed by atoms with Gasteiger partial charge < -0.3 is 10.6 Å². The normalized spacial score (nSPS) is 19.0. The van der Waals surface area contributed by atoms with Crippen LogP contribution < -0.4 is 10.8 Å². The first-order chi connectivity index (χ1) is 7.18. The molecule has 0 aromatic heterocycles. The number of rotatable bonds is 2. The number of halogens is 1. The maximum Gasteiger partial charge on any atom is 0.247 e. The molecule has 1 atom stereocenters. The Morgan fingerprint density at radius 3 is 2.67 bits per heavy atom. The molecule has 1 unspecified atom stereocenters. The van der Waals surface area contributed by atoms with E-state index in [0.29, 0.717) is 5.02 Å². The van der Waals surface area contributed by atoms with Crippen molar-refractivity contribution in [1.82, 2.24) is 0 Å². The van der Waals surface area contributed by atoms with E-state index in [4.69, 9.17) is 22.2 Å². The third kappa shape index (κ3) is 1.89. The second-order valence-electron chi connectivity index (χ2n) is 3.08. The molecule has 0 aliphatic carbocycles. The van der Waals surface area contributed by atoms with Crippen molar-refractivity contribution in [2.24, 2.45) is 5.73 Å². The number of nitrogens with two attached hydrogens (primary N) is 1. The molecule has 1 aliphatic rings. The summed E-state index contributed by atoms with van der Waals surface area (Å²) in [4.78, 5) is 16.2. The minimum atomic E-state index is -0.564. The van der Waals surface area contributed by atoms with Crippen LogP contribution in [0.25, 0.3) is 0 Å². The van der Waals surface area contributed by atoms with Gasteiger partial charge in [0.05, 0.1) is 5.69 Å². The molecule has 0 saturated carbocycles. The Labute approximate surface area is 91.8 Å². The molecule has 0 spiro atoms. The number of hydrogen-bond donors (Lipinski definition) is 1. The summed E-state index contributed by atoms with van der Waals surface area (Å²) in [5.41, 5.74) is 5.95. The van der Waals surface area contributed by atoms with Crippen LogP contribution >= 0.6 is 11.6 Å². The summed E-state index contributed by atoms with van der Waals surface area (Å²) in [6.07, 6.45) is 3.03. The molecule has 2 N–H and O–H groups in total. The van der Waals surface area contributed by atoms with E-state index < -0.39 is 11.9 Å². The highest BCUT2D eigenvalue weighted by Crippen LogP contribution is 2.23. The Hall–Kier alpha value is -1.68. The van der Waals surface area contributed by atoms with Gasteiger partial charge in [-0.3, -0.25) is 4.79 Å². The molecule has 0 bridgehead atoms. The van der Waals surface area contributed by atoms with Crippen LogP contribution in [0.2, 0.25) is 5.02 Å². The monoisotopic (exact) mass is 224 g/mol. The maximum absolute atomic E-state index is 11.1. The van der Waals surface area contributed by atoms with Crippen LogP contribution in [0.5, 0.6) is 0 Å². The van der Waals surface area contributed by atoms with Gasteiger partial charge in [0.2, 0.25) is 5.91 Å². The quantitative estimate of drug-likeness (QED) is 0.828. The Balaban J connectivity index is 2.24. The van der Waals surface area contributed by atoms with Crippen LogP contribution in [0, 0.1) is 0 Å². The number of carbonyl (C=O) groups is 1.